The monoisotopic (exact) mass is 143 g/mol. The van der Waals surface area contributed by atoms with Crippen LogP contribution in [0.3, 0.4) is 0 Å². The van der Waals surface area contributed by atoms with E-state index in [0.717, 1.165) is 12.0 Å². The third-order valence-corrected chi connectivity index (χ3v) is 1.50. The van der Waals surface area contributed by atoms with Crippen LogP contribution in [0.5, 0.6) is 0 Å². The zero-order chi connectivity index (χ0) is 8.20. The normalized spacial score (nSPS) is 11.6. The molecule has 0 amide bonds. The molecule has 2 heteroatoms. The van der Waals surface area contributed by atoms with Crippen LogP contribution in [0, 0.1) is 5.41 Å². The molecule has 0 bridgehead atoms. The zero-order valence-corrected chi connectivity index (χ0v) is 6.85. The number of aliphatic hydroxyl groups is 1. The fourth-order valence-corrected chi connectivity index (χ4v) is 0.805. The van der Waals surface area contributed by atoms with Gasteiger partial charge in [-0.3, -0.25) is 0 Å². The lowest BCUT2D eigenvalue weighted by molar-refractivity contribution is 0.299. The van der Waals surface area contributed by atoms with E-state index < -0.39 is 0 Å². The molecule has 0 aromatic heterocycles. The summed E-state index contributed by atoms with van der Waals surface area (Å²) in [6.07, 6.45) is 0.806. The van der Waals surface area contributed by atoms with E-state index in [1.807, 2.05) is 0 Å². The lowest BCUT2D eigenvalue weighted by Gasteiger charge is -2.22. The highest BCUT2D eigenvalue weighted by molar-refractivity contribution is 4.98. The Labute approximate surface area is 62.7 Å². The van der Waals surface area contributed by atoms with E-state index in [1.54, 1.807) is 0 Å². The molecular weight excluding hydrogens is 126 g/mol. The molecule has 0 radical (unpaired) electrons. The van der Waals surface area contributed by atoms with E-state index in [9.17, 15) is 0 Å². The van der Waals surface area contributed by atoms with Gasteiger partial charge in [0.1, 0.15) is 0 Å². The van der Waals surface area contributed by atoms with E-state index in [4.69, 9.17) is 10.8 Å². The van der Waals surface area contributed by atoms with Crippen molar-refractivity contribution in [1.29, 1.82) is 0 Å². The first-order valence-electron chi connectivity index (χ1n) is 3.49. The molecule has 0 heterocycles. The van der Waals surface area contributed by atoms with Crippen molar-refractivity contribution in [3.8, 4) is 0 Å². The molecule has 0 aliphatic heterocycles. The Bertz CT molecular complexity index is 118. The van der Waals surface area contributed by atoms with Crippen LogP contribution in [-0.2, 0) is 0 Å². The summed E-state index contributed by atoms with van der Waals surface area (Å²) in [5.41, 5.74) is 6.43. The third kappa shape index (κ3) is 3.64. The maximum Gasteiger partial charge on any atom is 0.0639 e. The smallest absolute Gasteiger partial charge is 0.0639 e. The maximum atomic E-state index is 8.65. The molecule has 0 aromatic carbocycles. The molecular formula is C8H17NO. The number of rotatable bonds is 4. The van der Waals surface area contributed by atoms with Crippen LogP contribution >= 0.6 is 0 Å². The van der Waals surface area contributed by atoms with Crippen LogP contribution < -0.4 is 5.73 Å². The maximum absolute atomic E-state index is 8.65. The Hall–Kier alpha value is -0.340. The highest BCUT2D eigenvalue weighted by Crippen LogP contribution is 2.21. The molecule has 0 spiro atoms. The minimum absolute atomic E-state index is 0.0728. The van der Waals surface area contributed by atoms with Gasteiger partial charge in [-0.15, -0.1) is 0 Å². The van der Waals surface area contributed by atoms with E-state index in [1.165, 1.54) is 0 Å². The first-order valence-corrected chi connectivity index (χ1v) is 3.49. The second-order valence-electron chi connectivity index (χ2n) is 3.45. The van der Waals surface area contributed by atoms with Gasteiger partial charge in [-0.25, -0.2) is 0 Å². The fourth-order valence-electron chi connectivity index (χ4n) is 0.805. The molecule has 0 aliphatic carbocycles. The Balaban J connectivity index is 3.76. The van der Waals surface area contributed by atoms with Crippen LogP contribution in [0.4, 0.5) is 0 Å². The van der Waals surface area contributed by atoms with Crippen molar-refractivity contribution in [3.63, 3.8) is 0 Å². The molecule has 0 saturated carbocycles. The summed E-state index contributed by atoms with van der Waals surface area (Å²) in [5.74, 6) is 0. The highest BCUT2D eigenvalue weighted by Gasteiger charge is 2.15. The molecule has 0 aromatic rings. The van der Waals surface area contributed by atoms with Gasteiger partial charge in [0.05, 0.1) is 6.61 Å². The second kappa shape index (κ2) is 3.74. The van der Waals surface area contributed by atoms with Gasteiger partial charge in [0.15, 0.2) is 0 Å². The summed E-state index contributed by atoms with van der Waals surface area (Å²) in [5, 5.41) is 8.65. The molecule has 0 fully saturated rings. The first kappa shape index (κ1) is 9.66. The molecule has 0 aliphatic rings. The Morgan fingerprint density at radius 2 is 2.10 bits per heavy atom. The number of hydrogen-bond acceptors (Lipinski definition) is 2. The van der Waals surface area contributed by atoms with Gasteiger partial charge in [0.2, 0.25) is 0 Å². The average Bonchev–Trinajstić information content (AvgIpc) is 1.87. The van der Waals surface area contributed by atoms with Crippen molar-refractivity contribution in [2.24, 2.45) is 11.1 Å². The number of hydrogen-bond donors (Lipinski definition) is 2. The lowest BCUT2D eigenvalue weighted by atomic mass is 9.86. The van der Waals surface area contributed by atoms with E-state index >= 15 is 0 Å². The molecule has 2 nitrogen and oxygen atoms in total. The quantitative estimate of drug-likeness (QED) is 0.575. The zero-order valence-electron chi connectivity index (χ0n) is 6.85. The molecule has 3 N–H and O–H groups in total. The predicted molar refractivity (Wildman–Crippen MR) is 43.7 cm³/mol. The summed E-state index contributed by atoms with van der Waals surface area (Å²) in [6, 6.07) is 0. The van der Waals surface area contributed by atoms with E-state index in [-0.39, 0.29) is 12.0 Å². The minimum atomic E-state index is 0.0728. The summed E-state index contributed by atoms with van der Waals surface area (Å²) in [6.45, 7) is 8.53. The van der Waals surface area contributed by atoms with Gasteiger partial charge in [-0.05, 0) is 18.4 Å². The Morgan fingerprint density at radius 3 is 2.40 bits per heavy atom. The topological polar surface area (TPSA) is 46.2 Å². The van der Waals surface area contributed by atoms with Crippen molar-refractivity contribution in [2.45, 2.75) is 20.3 Å². The van der Waals surface area contributed by atoms with Crippen molar-refractivity contribution in [3.05, 3.63) is 12.2 Å². The predicted octanol–water partition coefficient (Wildman–Crippen LogP) is 0.910. The highest BCUT2D eigenvalue weighted by atomic mass is 16.3. The van der Waals surface area contributed by atoms with Crippen molar-refractivity contribution >= 4 is 0 Å². The van der Waals surface area contributed by atoms with Crippen LogP contribution in [0.25, 0.3) is 0 Å². The first-order chi connectivity index (χ1) is 4.52. The van der Waals surface area contributed by atoms with Crippen LogP contribution in [0.1, 0.15) is 20.3 Å². The summed E-state index contributed by atoms with van der Waals surface area (Å²) >= 11 is 0. The third-order valence-electron chi connectivity index (χ3n) is 1.50. The second-order valence-corrected chi connectivity index (χ2v) is 3.45. The van der Waals surface area contributed by atoms with Crippen molar-refractivity contribution in [1.82, 2.24) is 0 Å². The molecule has 0 atom stereocenters. The fraction of sp³-hybridized carbons (Fsp3) is 0.750. The average molecular weight is 143 g/mol. The van der Waals surface area contributed by atoms with Gasteiger partial charge in [-0.2, -0.15) is 0 Å². The van der Waals surface area contributed by atoms with Crippen molar-refractivity contribution < 1.29 is 5.11 Å². The van der Waals surface area contributed by atoms with E-state index in [2.05, 4.69) is 20.4 Å². The van der Waals surface area contributed by atoms with Gasteiger partial charge < -0.3 is 10.8 Å². The molecule has 0 saturated heterocycles. The summed E-state index contributed by atoms with van der Waals surface area (Å²) in [4.78, 5) is 0. The largest absolute Gasteiger partial charge is 0.392 e. The lowest BCUT2D eigenvalue weighted by Crippen LogP contribution is -2.24. The molecule has 0 rings (SSSR count). The number of aliphatic hydroxyl groups excluding tert-OH is 1. The van der Waals surface area contributed by atoms with Gasteiger partial charge >= 0.3 is 0 Å². The Morgan fingerprint density at radius 1 is 1.60 bits per heavy atom. The van der Waals surface area contributed by atoms with Gasteiger partial charge in [-0.1, -0.05) is 26.0 Å². The molecule has 10 heavy (non-hydrogen) atoms. The molecule has 0 unspecified atom stereocenters. The van der Waals surface area contributed by atoms with Crippen LogP contribution in [-0.4, -0.2) is 18.3 Å². The summed E-state index contributed by atoms with van der Waals surface area (Å²) in [7, 11) is 0. The summed E-state index contributed by atoms with van der Waals surface area (Å²) < 4.78 is 0. The Kier molecular flexibility index (Phi) is 3.61. The van der Waals surface area contributed by atoms with Gasteiger partial charge in [0, 0.05) is 0 Å². The SMILES string of the molecule is C=C(CO)CC(C)(C)CN. The van der Waals surface area contributed by atoms with Crippen LogP contribution in [0.2, 0.25) is 0 Å². The van der Waals surface area contributed by atoms with Gasteiger partial charge in [0.25, 0.3) is 0 Å². The van der Waals surface area contributed by atoms with E-state index in [0.29, 0.717) is 6.54 Å². The minimum Gasteiger partial charge on any atom is -0.392 e. The van der Waals surface area contributed by atoms with Crippen molar-refractivity contribution in [2.75, 3.05) is 13.2 Å². The standard InChI is InChI=1S/C8H17NO/c1-7(5-10)4-8(2,3)6-9/h10H,1,4-6,9H2,2-3H3. The number of nitrogens with two attached hydrogens (primary N) is 1. The molecule has 60 valence electrons. The van der Waals surface area contributed by atoms with Crippen LogP contribution in [0.15, 0.2) is 12.2 Å².